The van der Waals surface area contributed by atoms with Gasteiger partial charge in [-0.2, -0.15) is 0 Å². The summed E-state index contributed by atoms with van der Waals surface area (Å²) in [5, 5.41) is 5.83. The lowest BCUT2D eigenvalue weighted by Crippen LogP contribution is -2.32. The summed E-state index contributed by atoms with van der Waals surface area (Å²) in [6, 6.07) is 10.4. The van der Waals surface area contributed by atoms with Crippen LogP contribution in [0.25, 0.3) is 0 Å². The molecule has 0 spiro atoms. The summed E-state index contributed by atoms with van der Waals surface area (Å²) in [7, 11) is 1.55. The smallest absolute Gasteiger partial charge is 0.246 e. The van der Waals surface area contributed by atoms with Gasteiger partial charge in [-0.25, -0.2) is 4.39 Å². The van der Waals surface area contributed by atoms with Gasteiger partial charge in [0.2, 0.25) is 11.8 Å². The fourth-order valence-corrected chi connectivity index (χ4v) is 2.99. The molecule has 2 N–H and O–H groups in total. The Bertz CT molecular complexity index is 839. The van der Waals surface area contributed by atoms with Gasteiger partial charge in [-0.1, -0.05) is 0 Å². The Balaban J connectivity index is 1.68. The number of nitrogens with zero attached hydrogens (tertiary/aromatic N) is 1. The van der Waals surface area contributed by atoms with E-state index in [0.717, 1.165) is 12.1 Å². The van der Waals surface area contributed by atoms with E-state index < -0.39 is 6.04 Å². The molecular weight excluding hydrogens is 349 g/mol. The molecule has 6 nitrogen and oxygen atoms in total. The predicted octanol–water partition coefficient (Wildman–Crippen LogP) is 3.40. The molecule has 2 aromatic rings. The van der Waals surface area contributed by atoms with Crippen LogP contribution in [0, 0.1) is 5.82 Å². The van der Waals surface area contributed by atoms with Gasteiger partial charge in [0.25, 0.3) is 0 Å². The van der Waals surface area contributed by atoms with E-state index in [4.69, 9.17) is 4.74 Å². The molecule has 0 bridgehead atoms. The van der Waals surface area contributed by atoms with Crippen LogP contribution in [0.3, 0.4) is 0 Å². The number of rotatable bonds is 6. The summed E-state index contributed by atoms with van der Waals surface area (Å²) in [5.41, 5.74) is 1.95. The van der Waals surface area contributed by atoms with Crippen LogP contribution in [0.15, 0.2) is 42.5 Å². The summed E-state index contributed by atoms with van der Waals surface area (Å²) in [6.45, 7) is 2.40. The third-order valence-electron chi connectivity index (χ3n) is 4.43. The molecule has 142 valence electrons. The largest absolute Gasteiger partial charge is 0.494 e. The Morgan fingerprint density at radius 2 is 1.89 bits per heavy atom. The molecule has 7 heteroatoms. The summed E-state index contributed by atoms with van der Waals surface area (Å²) >= 11 is 0. The second-order valence-electron chi connectivity index (χ2n) is 6.40. The monoisotopic (exact) mass is 371 g/mol. The van der Waals surface area contributed by atoms with Gasteiger partial charge < -0.3 is 20.3 Å². The molecule has 1 aliphatic heterocycles. The van der Waals surface area contributed by atoms with E-state index in [1.54, 1.807) is 25.0 Å². The van der Waals surface area contributed by atoms with Crippen LogP contribution >= 0.6 is 0 Å². The fourth-order valence-electron chi connectivity index (χ4n) is 2.99. The molecular formula is C20H22FN3O3. The lowest BCUT2D eigenvalue weighted by Gasteiger charge is -2.21. The Morgan fingerprint density at radius 1 is 1.19 bits per heavy atom. The normalized spacial score (nSPS) is 14.8. The first kappa shape index (κ1) is 18.7. The minimum Gasteiger partial charge on any atom is -0.494 e. The molecule has 2 aromatic carbocycles. The van der Waals surface area contributed by atoms with Crippen LogP contribution in [0.2, 0.25) is 0 Å². The molecule has 1 atom stereocenters. The number of carbonyl (C=O) groups excluding carboxylic acids is 2. The highest BCUT2D eigenvalue weighted by atomic mass is 19.1. The van der Waals surface area contributed by atoms with E-state index >= 15 is 0 Å². The van der Waals surface area contributed by atoms with E-state index in [1.807, 2.05) is 12.1 Å². The van der Waals surface area contributed by atoms with E-state index in [0.29, 0.717) is 30.1 Å². The van der Waals surface area contributed by atoms with Gasteiger partial charge in [0.05, 0.1) is 12.8 Å². The number of methoxy groups -OCH3 is 1. The predicted molar refractivity (Wildman–Crippen MR) is 103 cm³/mol. The number of benzene rings is 2. The highest BCUT2D eigenvalue weighted by Crippen LogP contribution is 2.34. The second-order valence-corrected chi connectivity index (χ2v) is 6.40. The van der Waals surface area contributed by atoms with E-state index in [-0.39, 0.29) is 17.6 Å². The van der Waals surface area contributed by atoms with Crippen molar-refractivity contribution in [3.8, 4) is 5.75 Å². The topological polar surface area (TPSA) is 70.7 Å². The fraction of sp³-hybridized carbons (Fsp3) is 0.300. The maximum Gasteiger partial charge on any atom is 0.246 e. The summed E-state index contributed by atoms with van der Waals surface area (Å²) < 4.78 is 18.4. The standard InChI is InChI=1S/C20H22FN3O3/c1-13(20(26)23-15-7-5-14(21)6-8-15)22-16-9-10-17(18(12-16)27-2)24-11-3-4-19(24)25/h5-10,12-13,22H,3-4,11H2,1-2H3,(H,23,26)/t13-/m1/s1. The second kappa shape index (κ2) is 8.07. The molecule has 1 heterocycles. The van der Waals surface area contributed by atoms with Crippen LogP contribution in [0.5, 0.6) is 5.75 Å². The SMILES string of the molecule is COc1cc(N[C@H](C)C(=O)Nc2ccc(F)cc2)ccc1N1CCCC1=O. The average Bonchev–Trinajstić information content (AvgIpc) is 3.09. The summed E-state index contributed by atoms with van der Waals surface area (Å²) in [6.07, 6.45) is 1.38. The molecule has 0 radical (unpaired) electrons. The van der Waals surface area contributed by atoms with Crippen molar-refractivity contribution in [2.24, 2.45) is 0 Å². The number of carbonyl (C=O) groups is 2. The Morgan fingerprint density at radius 3 is 2.52 bits per heavy atom. The van der Waals surface area contributed by atoms with Gasteiger partial charge in [-0.15, -0.1) is 0 Å². The van der Waals surface area contributed by atoms with Gasteiger partial charge in [0, 0.05) is 30.4 Å². The number of anilines is 3. The van der Waals surface area contributed by atoms with Crippen LogP contribution in [-0.4, -0.2) is 31.5 Å². The van der Waals surface area contributed by atoms with Gasteiger partial charge in [-0.3, -0.25) is 9.59 Å². The number of halogens is 1. The van der Waals surface area contributed by atoms with Gasteiger partial charge >= 0.3 is 0 Å². The first-order valence-electron chi connectivity index (χ1n) is 8.79. The lowest BCUT2D eigenvalue weighted by molar-refractivity contribution is -0.117. The number of hydrogen-bond donors (Lipinski definition) is 2. The molecule has 1 saturated heterocycles. The van der Waals surface area contributed by atoms with Gasteiger partial charge in [0.15, 0.2) is 0 Å². The van der Waals surface area contributed by atoms with Crippen LogP contribution in [0.1, 0.15) is 19.8 Å². The Labute approximate surface area is 157 Å². The Hall–Kier alpha value is -3.09. The zero-order chi connectivity index (χ0) is 19.4. The molecule has 1 fully saturated rings. The molecule has 27 heavy (non-hydrogen) atoms. The van der Waals surface area contributed by atoms with Crippen molar-refractivity contribution in [2.45, 2.75) is 25.8 Å². The van der Waals surface area contributed by atoms with Crippen molar-refractivity contribution in [2.75, 3.05) is 29.2 Å². The zero-order valence-electron chi connectivity index (χ0n) is 15.3. The van der Waals surface area contributed by atoms with E-state index in [2.05, 4.69) is 10.6 Å². The molecule has 1 aliphatic rings. The Kier molecular flexibility index (Phi) is 5.59. The molecule has 3 rings (SSSR count). The van der Waals surface area contributed by atoms with Crippen molar-refractivity contribution in [1.82, 2.24) is 0 Å². The van der Waals surface area contributed by atoms with Crippen molar-refractivity contribution < 1.29 is 18.7 Å². The first-order valence-corrected chi connectivity index (χ1v) is 8.79. The molecule has 2 amide bonds. The summed E-state index contributed by atoms with van der Waals surface area (Å²) in [5.74, 6) is 0.0460. The number of amides is 2. The van der Waals surface area contributed by atoms with Gasteiger partial charge in [-0.05, 0) is 49.7 Å². The minimum absolute atomic E-state index is 0.0843. The van der Waals surface area contributed by atoms with Crippen LogP contribution in [0.4, 0.5) is 21.5 Å². The van der Waals surface area contributed by atoms with Gasteiger partial charge in [0.1, 0.15) is 17.6 Å². The quantitative estimate of drug-likeness (QED) is 0.817. The molecule has 0 unspecified atom stereocenters. The third kappa shape index (κ3) is 4.36. The number of hydrogen-bond acceptors (Lipinski definition) is 4. The molecule has 0 aliphatic carbocycles. The first-order chi connectivity index (χ1) is 13.0. The summed E-state index contributed by atoms with van der Waals surface area (Å²) in [4.78, 5) is 26.0. The highest BCUT2D eigenvalue weighted by molar-refractivity contribution is 5.98. The number of nitrogens with one attached hydrogen (secondary N) is 2. The van der Waals surface area contributed by atoms with E-state index in [1.165, 1.54) is 24.3 Å². The van der Waals surface area contributed by atoms with Crippen molar-refractivity contribution >= 4 is 28.9 Å². The van der Waals surface area contributed by atoms with Crippen LogP contribution < -0.4 is 20.3 Å². The lowest BCUT2D eigenvalue weighted by atomic mass is 10.2. The number of ether oxygens (including phenoxy) is 1. The molecule has 0 saturated carbocycles. The third-order valence-corrected chi connectivity index (χ3v) is 4.43. The molecule has 0 aromatic heterocycles. The maximum atomic E-state index is 12.9. The van der Waals surface area contributed by atoms with Crippen molar-refractivity contribution in [1.29, 1.82) is 0 Å². The zero-order valence-corrected chi connectivity index (χ0v) is 15.3. The van der Waals surface area contributed by atoms with E-state index in [9.17, 15) is 14.0 Å². The average molecular weight is 371 g/mol. The van der Waals surface area contributed by atoms with Crippen LogP contribution in [-0.2, 0) is 9.59 Å². The van der Waals surface area contributed by atoms with Crippen molar-refractivity contribution in [3.63, 3.8) is 0 Å². The highest BCUT2D eigenvalue weighted by Gasteiger charge is 2.24. The minimum atomic E-state index is -0.529. The maximum absolute atomic E-state index is 12.9. The van der Waals surface area contributed by atoms with Crippen molar-refractivity contribution in [3.05, 3.63) is 48.3 Å².